The highest BCUT2D eigenvalue weighted by atomic mass is 19.1. The fourth-order valence-electron chi connectivity index (χ4n) is 4.93. The van der Waals surface area contributed by atoms with Crippen LogP contribution in [0.4, 0.5) is 9.18 Å². The van der Waals surface area contributed by atoms with Gasteiger partial charge in [0.1, 0.15) is 5.82 Å². The Labute approximate surface area is 201 Å². The summed E-state index contributed by atoms with van der Waals surface area (Å²) in [5.74, 6) is -1.18. The third-order valence-electron chi connectivity index (χ3n) is 6.78. The number of benzene rings is 1. The summed E-state index contributed by atoms with van der Waals surface area (Å²) >= 11 is 0. The Balaban J connectivity index is 1.61. The number of hydrogen-bond acceptors (Lipinski definition) is 4. The highest BCUT2D eigenvalue weighted by Crippen LogP contribution is 2.34. The van der Waals surface area contributed by atoms with Crippen molar-refractivity contribution in [1.29, 1.82) is 0 Å². The standard InChI is InChI=1S/C25H37FN4O4/c1-4-27-25(33)30-14-6-9-21(28-23(31)24(32)29(2)3)22(30)16-34-20-12-10-17(11-13-20)18-7-5-8-19(26)15-18/h5,7-8,15,17,20-22H,4,6,9-14,16H2,1-3H3,(H,27,33)(H,28,31)/t17?,20?,21-,22-/m0/s1. The maximum Gasteiger partial charge on any atom is 0.317 e. The van der Waals surface area contributed by atoms with Gasteiger partial charge in [-0.1, -0.05) is 12.1 Å². The summed E-state index contributed by atoms with van der Waals surface area (Å²) in [7, 11) is 3.06. The van der Waals surface area contributed by atoms with Crippen molar-refractivity contribution >= 4 is 17.8 Å². The molecule has 2 fully saturated rings. The van der Waals surface area contributed by atoms with Gasteiger partial charge in [0.25, 0.3) is 0 Å². The second kappa shape index (κ2) is 12.1. The highest BCUT2D eigenvalue weighted by molar-refractivity contribution is 6.34. The molecule has 3 rings (SSSR count). The Hall–Kier alpha value is -2.68. The molecule has 4 amide bonds. The minimum absolute atomic E-state index is 0.0441. The number of nitrogens with zero attached hydrogens (tertiary/aromatic N) is 2. The van der Waals surface area contributed by atoms with Gasteiger partial charge in [-0.25, -0.2) is 9.18 Å². The normalized spacial score (nSPS) is 24.9. The Kier molecular flexibility index (Phi) is 9.27. The molecule has 1 heterocycles. The molecule has 9 heteroatoms. The third kappa shape index (κ3) is 6.68. The number of halogens is 1. The Morgan fingerprint density at radius 2 is 1.88 bits per heavy atom. The van der Waals surface area contributed by atoms with Gasteiger partial charge in [0.2, 0.25) is 0 Å². The third-order valence-corrected chi connectivity index (χ3v) is 6.78. The zero-order valence-corrected chi connectivity index (χ0v) is 20.4. The van der Waals surface area contributed by atoms with Crippen LogP contribution in [0.3, 0.4) is 0 Å². The van der Waals surface area contributed by atoms with Gasteiger partial charge in [-0.15, -0.1) is 0 Å². The van der Waals surface area contributed by atoms with Crippen LogP contribution in [0.1, 0.15) is 56.9 Å². The van der Waals surface area contributed by atoms with Crippen LogP contribution in [0.15, 0.2) is 24.3 Å². The van der Waals surface area contributed by atoms with Gasteiger partial charge in [-0.3, -0.25) is 9.59 Å². The van der Waals surface area contributed by atoms with E-state index in [0.717, 1.165) is 37.7 Å². The molecule has 0 aromatic heterocycles. The maximum absolute atomic E-state index is 13.6. The van der Waals surface area contributed by atoms with Gasteiger partial charge in [0.15, 0.2) is 0 Å². The number of rotatable bonds is 6. The van der Waals surface area contributed by atoms with Gasteiger partial charge < -0.3 is 25.2 Å². The lowest BCUT2D eigenvalue weighted by Gasteiger charge is -2.42. The van der Waals surface area contributed by atoms with E-state index in [1.807, 2.05) is 13.0 Å². The molecule has 0 radical (unpaired) electrons. The van der Waals surface area contributed by atoms with E-state index in [-0.39, 0.29) is 36.6 Å². The molecule has 188 valence electrons. The van der Waals surface area contributed by atoms with Crippen LogP contribution < -0.4 is 10.6 Å². The van der Waals surface area contributed by atoms with Crippen molar-refractivity contribution in [3.05, 3.63) is 35.6 Å². The number of likely N-dealkylation sites (tertiary alicyclic amines) is 1. The Morgan fingerprint density at radius 3 is 2.53 bits per heavy atom. The van der Waals surface area contributed by atoms with Gasteiger partial charge in [0, 0.05) is 27.2 Å². The largest absolute Gasteiger partial charge is 0.376 e. The zero-order chi connectivity index (χ0) is 24.7. The molecule has 0 unspecified atom stereocenters. The van der Waals surface area contributed by atoms with Crippen LogP contribution in [0.2, 0.25) is 0 Å². The Morgan fingerprint density at radius 1 is 1.15 bits per heavy atom. The van der Waals surface area contributed by atoms with Crippen molar-refractivity contribution < 1.29 is 23.5 Å². The minimum Gasteiger partial charge on any atom is -0.376 e. The first-order valence-electron chi connectivity index (χ1n) is 12.2. The van der Waals surface area contributed by atoms with Crippen LogP contribution in [0.5, 0.6) is 0 Å². The molecule has 8 nitrogen and oxygen atoms in total. The summed E-state index contributed by atoms with van der Waals surface area (Å²) in [6, 6.07) is 5.89. The molecule has 2 atom stereocenters. The molecular weight excluding hydrogens is 439 g/mol. The number of amides is 4. The van der Waals surface area contributed by atoms with Crippen LogP contribution >= 0.6 is 0 Å². The molecular formula is C25H37FN4O4. The summed E-state index contributed by atoms with van der Waals surface area (Å²) in [5, 5.41) is 5.67. The molecule has 1 aliphatic heterocycles. The molecule has 2 N–H and O–H groups in total. The molecule has 1 saturated carbocycles. The summed E-state index contributed by atoms with van der Waals surface area (Å²) in [4.78, 5) is 40.2. The van der Waals surface area contributed by atoms with Crippen molar-refractivity contribution in [2.75, 3.05) is 33.8 Å². The van der Waals surface area contributed by atoms with E-state index in [4.69, 9.17) is 4.74 Å². The lowest BCUT2D eigenvalue weighted by atomic mass is 9.82. The summed E-state index contributed by atoms with van der Waals surface area (Å²) in [6.45, 7) is 3.22. The minimum atomic E-state index is -0.673. The predicted octanol–water partition coefficient (Wildman–Crippen LogP) is 2.64. The summed E-state index contributed by atoms with van der Waals surface area (Å²) in [5.41, 5.74) is 1.03. The number of carbonyl (C=O) groups excluding carboxylic acids is 3. The number of likely N-dealkylation sites (N-methyl/N-ethyl adjacent to an activating group) is 1. The summed E-state index contributed by atoms with van der Waals surface area (Å²) < 4.78 is 19.9. The molecule has 1 aromatic carbocycles. The van der Waals surface area contributed by atoms with Gasteiger partial charge in [-0.05, 0) is 69.1 Å². The smallest absolute Gasteiger partial charge is 0.317 e. The lowest BCUT2D eigenvalue weighted by molar-refractivity contribution is -0.145. The molecule has 1 saturated heterocycles. The first-order chi connectivity index (χ1) is 16.3. The van der Waals surface area contributed by atoms with Crippen molar-refractivity contribution in [3.63, 3.8) is 0 Å². The number of nitrogens with one attached hydrogen (secondary N) is 2. The van der Waals surface area contributed by atoms with Gasteiger partial charge in [0.05, 0.1) is 24.8 Å². The average Bonchev–Trinajstić information content (AvgIpc) is 2.83. The SMILES string of the molecule is CCNC(=O)N1CCC[C@H](NC(=O)C(=O)N(C)C)[C@@H]1COC1CCC(c2cccc(F)c2)CC1. The van der Waals surface area contributed by atoms with E-state index < -0.39 is 11.8 Å². The first kappa shape index (κ1) is 25.9. The number of ether oxygens (including phenoxy) is 1. The van der Waals surface area contributed by atoms with Crippen molar-refractivity contribution in [2.45, 2.75) is 69.6 Å². The second-order valence-electron chi connectivity index (χ2n) is 9.38. The van der Waals surface area contributed by atoms with Gasteiger partial charge >= 0.3 is 17.8 Å². The molecule has 1 aromatic rings. The molecule has 2 aliphatic rings. The van der Waals surface area contributed by atoms with Crippen molar-refractivity contribution in [3.8, 4) is 0 Å². The van der Waals surface area contributed by atoms with Crippen LogP contribution in [0, 0.1) is 5.82 Å². The van der Waals surface area contributed by atoms with Crippen molar-refractivity contribution in [2.24, 2.45) is 0 Å². The van der Waals surface area contributed by atoms with Crippen molar-refractivity contribution in [1.82, 2.24) is 20.4 Å². The number of piperidine rings is 1. The van der Waals surface area contributed by atoms with E-state index in [1.54, 1.807) is 17.0 Å². The number of carbonyl (C=O) groups is 3. The first-order valence-corrected chi connectivity index (χ1v) is 12.2. The lowest BCUT2D eigenvalue weighted by Crippen LogP contribution is -2.62. The molecule has 0 spiro atoms. The maximum atomic E-state index is 13.6. The molecule has 1 aliphatic carbocycles. The average molecular weight is 477 g/mol. The van der Waals surface area contributed by atoms with E-state index in [1.165, 1.54) is 25.1 Å². The predicted molar refractivity (Wildman–Crippen MR) is 127 cm³/mol. The van der Waals surface area contributed by atoms with Crippen LogP contribution in [-0.2, 0) is 14.3 Å². The van der Waals surface area contributed by atoms with Gasteiger partial charge in [-0.2, -0.15) is 0 Å². The highest BCUT2D eigenvalue weighted by Gasteiger charge is 2.37. The fourth-order valence-corrected chi connectivity index (χ4v) is 4.93. The molecule has 0 bridgehead atoms. The zero-order valence-electron chi connectivity index (χ0n) is 20.4. The second-order valence-corrected chi connectivity index (χ2v) is 9.38. The molecule has 34 heavy (non-hydrogen) atoms. The number of hydrogen-bond donors (Lipinski definition) is 2. The number of urea groups is 1. The van der Waals surface area contributed by atoms with E-state index >= 15 is 0 Å². The monoisotopic (exact) mass is 476 g/mol. The fraction of sp³-hybridized carbons (Fsp3) is 0.640. The van der Waals surface area contributed by atoms with Crippen LogP contribution in [-0.4, -0.2) is 79.6 Å². The van der Waals surface area contributed by atoms with E-state index in [2.05, 4.69) is 10.6 Å². The van der Waals surface area contributed by atoms with Crippen LogP contribution in [0.25, 0.3) is 0 Å². The topological polar surface area (TPSA) is 91.0 Å². The van der Waals surface area contributed by atoms with E-state index in [0.29, 0.717) is 25.4 Å². The quantitative estimate of drug-likeness (QED) is 0.618. The van der Waals surface area contributed by atoms with E-state index in [9.17, 15) is 18.8 Å². The Bertz CT molecular complexity index is 857. The summed E-state index contributed by atoms with van der Waals surface area (Å²) in [6.07, 6.45) is 4.97.